The summed E-state index contributed by atoms with van der Waals surface area (Å²) in [7, 11) is 0. The molecular weight excluding hydrogens is 132 g/mol. The molecule has 0 aliphatic rings. The zero-order valence-electron chi connectivity index (χ0n) is 7.39. The predicted octanol–water partition coefficient (Wildman–Crippen LogP) is 3.50. The molecule has 0 saturated carbocycles. The van der Waals surface area contributed by atoms with Crippen molar-refractivity contribution in [3.05, 3.63) is 41.5 Å². The van der Waals surface area contributed by atoms with Crippen molar-refractivity contribution in [1.29, 1.82) is 0 Å². The van der Waals surface area contributed by atoms with Gasteiger partial charge in [-0.25, -0.2) is 0 Å². The van der Waals surface area contributed by atoms with Crippen LogP contribution in [-0.2, 0) is 0 Å². The Bertz CT molecular complexity index is 251. The smallest absolute Gasteiger partial charge is 0.0228 e. The zero-order valence-corrected chi connectivity index (χ0v) is 7.39. The van der Waals surface area contributed by atoms with Crippen molar-refractivity contribution in [3.63, 3.8) is 0 Å². The van der Waals surface area contributed by atoms with Crippen LogP contribution in [0.15, 0.2) is 35.9 Å². The highest BCUT2D eigenvalue weighted by molar-refractivity contribution is 5.65. The maximum atomic E-state index is 2.16. The molecule has 0 unspecified atom stereocenters. The Morgan fingerprint density at radius 2 is 1.45 bits per heavy atom. The van der Waals surface area contributed by atoms with Gasteiger partial charge in [0.05, 0.1) is 0 Å². The maximum absolute atomic E-state index is 2.16. The Kier molecular flexibility index (Phi) is 2.48. The van der Waals surface area contributed by atoms with Crippen LogP contribution >= 0.6 is 0 Å². The van der Waals surface area contributed by atoms with Gasteiger partial charge in [-0.1, -0.05) is 35.9 Å². The van der Waals surface area contributed by atoms with Gasteiger partial charge >= 0.3 is 0 Å². The minimum absolute atomic E-state index is 1.33. The molecule has 0 nitrogen and oxygen atoms in total. The van der Waals surface area contributed by atoms with Gasteiger partial charge in [0.15, 0.2) is 0 Å². The lowest BCUT2D eigenvalue weighted by Crippen LogP contribution is -1.79. The summed E-state index contributed by atoms with van der Waals surface area (Å²) in [5.41, 5.74) is 4.09. The van der Waals surface area contributed by atoms with E-state index in [1.54, 1.807) is 0 Å². The van der Waals surface area contributed by atoms with E-state index < -0.39 is 0 Å². The summed E-state index contributed by atoms with van der Waals surface area (Å²) in [6, 6.07) is 10.5. The van der Waals surface area contributed by atoms with E-state index in [-0.39, 0.29) is 0 Å². The van der Waals surface area contributed by atoms with Crippen LogP contribution in [-0.4, -0.2) is 0 Å². The second-order valence-electron chi connectivity index (χ2n) is 2.99. The normalized spacial score (nSPS) is 9.36. The van der Waals surface area contributed by atoms with Crippen molar-refractivity contribution < 1.29 is 0 Å². The fraction of sp³-hybridized carbons (Fsp3) is 0.273. The highest BCUT2D eigenvalue weighted by atomic mass is 14.0. The minimum atomic E-state index is 1.33. The molecule has 0 aliphatic carbocycles. The van der Waals surface area contributed by atoms with E-state index in [2.05, 4.69) is 45.0 Å². The first-order valence-corrected chi connectivity index (χ1v) is 3.91. The first-order valence-electron chi connectivity index (χ1n) is 3.91. The number of hydrogen-bond acceptors (Lipinski definition) is 0. The third-order valence-electron chi connectivity index (χ3n) is 1.96. The van der Waals surface area contributed by atoms with Gasteiger partial charge in [0.2, 0.25) is 0 Å². The van der Waals surface area contributed by atoms with E-state index in [9.17, 15) is 0 Å². The van der Waals surface area contributed by atoms with Crippen molar-refractivity contribution in [1.82, 2.24) is 0 Å². The van der Waals surface area contributed by atoms with Gasteiger partial charge < -0.3 is 0 Å². The van der Waals surface area contributed by atoms with Gasteiger partial charge in [-0.3, -0.25) is 0 Å². The number of benzene rings is 1. The average Bonchev–Trinajstić information content (AvgIpc) is 2.05. The SMILES string of the molecule is CC(C)=C(C)c1ccccc1. The first kappa shape index (κ1) is 8.06. The summed E-state index contributed by atoms with van der Waals surface area (Å²) in [5, 5.41) is 0. The van der Waals surface area contributed by atoms with Crippen LogP contribution in [0.25, 0.3) is 5.57 Å². The molecule has 0 N–H and O–H groups in total. The maximum Gasteiger partial charge on any atom is -0.0228 e. The molecule has 1 aromatic rings. The van der Waals surface area contributed by atoms with Crippen LogP contribution < -0.4 is 0 Å². The van der Waals surface area contributed by atoms with Crippen molar-refractivity contribution in [2.45, 2.75) is 20.8 Å². The molecule has 58 valence electrons. The van der Waals surface area contributed by atoms with Gasteiger partial charge in [-0.05, 0) is 31.9 Å². The molecule has 0 fully saturated rings. The molecule has 0 saturated heterocycles. The van der Waals surface area contributed by atoms with Gasteiger partial charge in [-0.15, -0.1) is 0 Å². The standard InChI is InChI=1S/C11H14/c1-9(2)10(3)11-7-5-4-6-8-11/h4-8H,1-3H3. The number of rotatable bonds is 1. The van der Waals surface area contributed by atoms with Crippen LogP contribution in [0.2, 0.25) is 0 Å². The minimum Gasteiger partial charge on any atom is -0.0729 e. The Morgan fingerprint density at radius 1 is 0.909 bits per heavy atom. The zero-order chi connectivity index (χ0) is 8.27. The average molecular weight is 146 g/mol. The lowest BCUT2D eigenvalue weighted by molar-refractivity contribution is 1.36. The second-order valence-corrected chi connectivity index (χ2v) is 2.99. The van der Waals surface area contributed by atoms with E-state index in [4.69, 9.17) is 0 Å². The lowest BCUT2D eigenvalue weighted by atomic mass is 10.0. The summed E-state index contributed by atoms with van der Waals surface area (Å²) in [6.07, 6.45) is 0. The Balaban J connectivity index is 3.04. The number of allylic oxidation sites excluding steroid dienone is 2. The Labute approximate surface area is 68.6 Å². The molecule has 11 heavy (non-hydrogen) atoms. The van der Waals surface area contributed by atoms with Gasteiger partial charge in [0, 0.05) is 0 Å². The molecule has 0 atom stereocenters. The van der Waals surface area contributed by atoms with Crippen LogP contribution in [0, 0.1) is 0 Å². The molecule has 0 heterocycles. The molecule has 1 aromatic carbocycles. The molecule has 0 bridgehead atoms. The summed E-state index contributed by atoms with van der Waals surface area (Å²) in [6.45, 7) is 6.44. The van der Waals surface area contributed by atoms with Crippen LogP contribution in [0.5, 0.6) is 0 Å². The van der Waals surface area contributed by atoms with E-state index in [0.717, 1.165) is 0 Å². The highest BCUT2D eigenvalue weighted by Crippen LogP contribution is 2.16. The molecule has 0 radical (unpaired) electrons. The lowest BCUT2D eigenvalue weighted by Gasteiger charge is -2.02. The van der Waals surface area contributed by atoms with Crippen LogP contribution in [0.4, 0.5) is 0 Å². The predicted molar refractivity (Wildman–Crippen MR) is 50.4 cm³/mol. The quantitative estimate of drug-likeness (QED) is 0.569. The second kappa shape index (κ2) is 3.38. The van der Waals surface area contributed by atoms with Gasteiger partial charge in [-0.2, -0.15) is 0 Å². The molecule has 0 aromatic heterocycles. The highest BCUT2D eigenvalue weighted by Gasteiger charge is 1.93. The molecular formula is C11H14. The Hall–Kier alpha value is -1.04. The van der Waals surface area contributed by atoms with Crippen LogP contribution in [0.1, 0.15) is 26.3 Å². The van der Waals surface area contributed by atoms with Crippen molar-refractivity contribution >= 4 is 5.57 Å². The monoisotopic (exact) mass is 146 g/mol. The van der Waals surface area contributed by atoms with E-state index in [0.29, 0.717) is 0 Å². The molecule has 0 amide bonds. The third kappa shape index (κ3) is 1.94. The number of hydrogen-bond donors (Lipinski definition) is 0. The fourth-order valence-corrected chi connectivity index (χ4v) is 0.977. The van der Waals surface area contributed by atoms with E-state index in [1.165, 1.54) is 16.7 Å². The summed E-state index contributed by atoms with van der Waals surface area (Å²) in [4.78, 5) is 0. The van der Waals surface area contributed by atoms with Crippen LogP contribution in [0.3, 0.4) is 0 Å². The molecule has 0 aliphatic heterocycles. The van der Waals surface area contributed by atoms with Crippen molar-refractivity contribution in [3.8, 4) is 0 Å². The summed E-state index contributed by atoms with van der Waals surface area (Å²) < 4.78 is 0. The van der Waals surface area contributed by atoms with Gasteiger partial charge in [0.1, 0.15) is 0 Å². The largest absolute Gasteiger partial charge is 0.0729 e. The molecule has 0 spiro atoms. The summed E-state index contributed by atoms with van der Waals surface area (Å²) >= 11 is 0. The van der Waals surface area contributed by atoms with E-state index >= 15 is 0 Å². The van der Waals surface area contributed by atoms with Crippen molar-refractivity contribution in [2.75, 3.05) is 0 Å². The third-order valence-corrected chi connectivity index (χ3v) is 1.96. The fourth-order valence-electron chi connectivity index (χ4n) is 0.977. The van der Waals surface area contributed by atoms with E-state index in [1.807, 2.05) is 6.07 Å². The summed E-state index contributed by atoms with van der Waals surface area (Å²) in [5.74, 6) is 0. The van der Waals surface area contributed by atoms with Gasteiger partial charge in [0.25, 0.3) is 0 Å². The van der Waals surface area contributed by atoms with Crippen molar-refractivity contribution in [2.24, 2.45) is 0 Å². The topological polar surface area (TPSA) is 0 Å². The molecule has 1 rings (SSSR count). The first-order chi connectivity index (χ1) is 5.22. The molecule has 0 heteroatoms. The Morgan fingerprint density at radius 3 is 1.91 bits per heavy atom.